The van der Waals surface area contributed by atoms with Gasteiger partial charge in [-0.2, -0.15) is 0 Å². The molecule has 25 heavy (non-hydrogen) atoms. The minimum Gasteiger partial charge on any atom is -0.457 e. The number of ketones is 1. The zero-order valence-electron chi connectivity index (χ0n) is 14.2. The fourth-order valence-corrected chi connectivity index (χ4v) is 3.67. The smallest absolute Gasteiger partial charge is 0.141 e. The van der Waals surface area contributed by atoms with Crippen molar-refractivity contribution in [1.82, 2.24) is 0 Å². The van der Waals surface area contributed by atoms with Crippen molar-refractivity contribution in [2.24, 2.45) is 17.3 Å². The van der Waals surface area contributed by atoms with E-state index in [4.69, 9.17) is 27.9 Å². The van der Waals surface area contributed by atoms with Crippen molar-refractivity contribution < 1.29 is 9.53 Å². The summed E-state index contributed by atoms with van der Waals surface area (Å²) in [5.74, 6) is 1.77. The molecule has 0 unspecified atom stereocenters. The molecule has 1 fully saturated rings. The van der Waals surface area contributed by atoms with Gasteiger partial charge in [-0.1, -0.05) is 67.4 Å². The van der Waals surface area contributed by atoms with Crippen LogP contribution in [0.3, 0.4) is 0 Å². The summed E-state index contributed by atoms with van der Waals surface area (Å²) in [6.07, 6.45) is 2.16. The van der Waals surface area contributed by atoms with Crippen LogP contribution < -0.4 is 4.74 Å². The van der Waals surface area contributed by atoms with Gasteiger partial charge in [-0.3, -0.25) is 4.79 Å². The summed E-state index contributed by atoms with van der Waals surface area (Å²) < 4.78 is 6.06. The zero-order chi connectivity index (χ0) is 18.0. The lowest BCUT2D eigenvalue weighted by Crippen LogP contribution is -2.09. The number of hydrogen-bond acceptors (Lipinski definition) is 2. The summed E-state index contributed by atoms with van der Waals surface area (Å²) in [5, 5.41) is 0. The van der Waals surface area contributed by atoms with Crippen LogP contribution in [0.5, 0.6) is 11.5 Å². The van der Waals surface area contributed by atoms with E-state index in [-0.39, 0.29) is 27.5 Å². The van der Waals surface area contributed by atoms with Crippen LogP contribution in [0, 0.1) is 17.3 Å². The van der Waals surface area contributed by atoms with Crippen LogP contribution in [0.4, 0.5) is 0 Å². The molecule has 0 amide bonds. The van der Waals surface area contributed by atoms with Crippen LogP contribution in [0.15, 0.2) is 65.2 Å². The van der Waals surface area contributed by atoms with E-state index in [0.29, 0.717) is 6.42 Å². The Morgan fingerprint density at radius 2 is 1.76 bits per heavy atom. The maximum Gasteiger partial charge on any atom is 0.141 e. The van der Waals surface area contributed by atoms with Gasteiger partial charge in [0.1, 0.15) is 21.8 Å². The number of halogens is 2. The lowest BCUT2D eigenvalue weighted by Gasteiger charge is -2.08. The molecule has 0 bridgehead atoms. The highest BCUT2D eigenvalue weighted by atomic mass is 35.5. The molecule has 2 aromatic carbocycles. The molecule has 0 saturated heterocycles. The van der Waals surface area contributed by atoms with E-state index in [0.717, 1.165) is 17.1 Å². The number of rotatable bonds is 6. The second kappa shape index (κ2) is 7.23. The highest BCUT2D eigenvalue weighted by Crippen LogP contribution is 2.60. The van der Waals surface area contributed by atoms with Gasteiger partial charge >= 0.3 is 0 Å². The minimum absolute atomic E-state index is 0.0429. The number of carbonyl (C=O) groups excluding carboxylic acids is 1. The molecular formula is C21H20Cl2O2. The van der Waals surface area contributed by atoms with Gasteiger partial charge in [0.15, 0.2) is 0 Å². The zero-order valence-corrected chi connectivity index (χ0v) is 15.7. The van der Waals surface area contributed by atoms with E-state index >= 15 is 0 Å². The molecule has 4 heteroatoms. The predicted octanol–water partition coefficient (Wildman–Crippen LogP) is 6.18. The summed E-state index contributed by atoms with van der Waals surface area (Å²) >= 11 is 11.5. The van der Waals surface area contributed by atoms with Crippen LogP contribution in [0.25, 0.3) is 0 Å². The summed E-state index contributed by atoms with van der Waals surface area (Å²) in [5.41, 5.74) is 0.852. The standard InChI is InChI=1S/C21H20Cl2O2/c1-21(2)17(13-19(22)23)20(21)18(24)12-14-7-6-10-16(11-14)25-15-8-4-3-5-9-15/h3-11,13,17,20H,12H2,1-2H3/t17-,20+/m0/s1. The van der Waals surface area contributed by atoms with Crippen LogP contribution in [-0.2, 0) is 11.2 Å². The fraction of sp³-hybridized carbons (Fsp3) is 0.286. The molecule has 1 aliphatic rings. The molecule has 0 spiro atoms. The van der Waals surface area contributed by atoms with Gasteiger partial charge in [-0.05, 0) is 47.2 Å². The van der Waals surface area contributed by atoms with Crippen LogP contribution in [0.1, 0.15) is 19.4 Å². The molecular weight excluding hydrogens is 355 g/mol. The van der Waals surface area contributed by atoms with Crippen molar-refractivity contribution in [1.29, 1.82) is 0 Å². The van der Waals surface area contributed by atoms with E-state index in [1.54, 1.807) is 6.08 Å². The number of benzene rings is 2. The normalized spacial score (nSPS) is 20.6. The molecule has 0 N–H and O–H groups in total. The first kappa shape index (κ1) is 18.0. The molecule has 2 aromatic rings. The summed E-state index contributed by atoms with van der Waals surface area (Å²) in [6, 6.07) is 17.3. The molecule has 0 heterocycles. The summed E-state index contributed by atoms with van der Waals surface area (Å²) in [4.78, 5) is 12.7. The molecule has 0 aliphatic heterocycles. The maximum atomic E-state index is 12.7. The van der Waals surface area contributed by atoms with Crippen molar-refractivity contribution in [3.8, 4) is 11.5 Å². The van der Waals surface area contributed by atoms with Crippen molar-refractivity contribution in [2.75, 3.05) is 0 Å². The van der Waals surface area contributed by atoms with Gasteiger partial charge in [0.2, 0.25) is 0 Å². The monoisotopic (exact) mass is 374 g/mol. The van der Waals surface area contributed by atoms with Gasteiger partial charge in [0.25, 0.3) is 0 Å². The molecule has 3 rings (SSSR count). The van der Waals surface area contributed by atoms with Crippen molar-refractivity contribution in [3.05, 3.63) is 70.7 Å². The third kappa shape index (κ3) is 4.26. The molecule has 1 saturated carbocycles. The Morgan fingerprint density at radius 3 is 2.44 bits per heavy atom. The lowest BCUT2D eigenvalue weighted by atomic mass is 10.0. The van der Waals surface area contributed by atoms with Gasteiger partial charge in [0, 0.05) is 12.3 Å². The van der Waals surface area contributed by atoms with Crippen molar-refractivity contribution in [2.45, 2.75) is 20.3 Å². The topological polar surface area (TPSA) is 26.3 Å². The van der Waals surface area contributed by atoms with E-state index < -0.39 is 0 Å². The quantitative estimate of drug-likeness (QED) is 0.602. The van der Waals surface area contributed by atoms with Gasteiger partial charge in [0.05, 0.1) is 0 Å². The van der Waals surface area contributed by atoms with Gasteiger partial charge in [-0.25, -0.2) is 0 Å². The first-order chi connectivity index (χ1) is 11.9. The second-order valence-electron chi connectivity index (χ2n) is 6.99. The van der Waals surface area contributed by atoms with Gasteiger partial charge < -0.3 is 4.74 Å². The molecule has 0 aromatic heterocycles. The predicted molar refractivity (Wildman–Crippen MR) is 102 cm³/mol. The maximum absolute atomic E-state index is 12.7. The fourth-order valence-electron chi connectivity index (χ4n) is 3.39. The van der Waals surface area contributed by atoms with Crippen LogP contribution >= 0.6 is 23.2 Å². The van der Waals surface area contributed by atoms with Gasteiger partial charge in [-0.15, -0.1) is 0 Å². The largest absolute Gasteiger partial charge is 0.457 e. The third-order valence-corrected chi connectivity index (χ3v) is 5.07. The number of carbonyl (C=O) groups is 1. The van der Waals surface area contributed by atoms with E-state index in [1.165, 1.54) is 0 Å². The molecule has 130 valence electrons. The van der Waals surface area contributed by atoms with E-state index in [2.05, 4.69) is 13.8 Å². The molecule has 1 aliphatic carbocycles. The van der Waals surface area contributed by atoms with Crippen LogP contribution in [-0.4, -0.2) is 5.78 Å². The molecule has 2 atom stereocenters. The SMILES string of the molecule is CC1(C)[C@@H](C=C(Cl)Cl)[C@@H]1C(=O)Cc1cccc(Oc2ccccc2)c1. The third-order valence-electron chi connectivity index (χ3n) is 4.82. The first-order valence-electron chi connectivity index (χ1n) is 8.25. The van der Waals surface area contributed by atoms with E-state index in [1.807, 2.05) is 54.6 Å². The Labute approximate surface area is 158 Å². The molecule has 0 radical (unpaired) electrons. The highest BCUT2D eigenvalue weighted by Gasteiger charge is 2.59. The Bertz CT molecular complexity index is 793. The number of allylic oxidation sites excluding steroid dienone is 1. The summed E-state index contributed by atoms with van der Waals surface area (Å²) in [7, 11) is 0. The Hall–Kier alpha value is -1.77. The number of Topliss-reactive ketones (excluding diaryl/α,β-unsaturated/α-hetero) is 1. The molecule has 2 nitrogen and oxygen atoms in total. The number of ether oxygens (including phenoxy) is 1. The average Bonchev–Trinajstić information content (AvgIpc) is 3.08. The average molecular weight is 375 g/mol. The first-order valence-corrected chi connectivity index (χ1v) is 9.01. The minimum atomic E-state index is -0.0930. The summed E-state index contributed by atoms with van der Waals surface area (Å²) in [6.45, 7) is 4.14. The van der Waals surface area contributed by atoms with Crippen molar-refractivity contribution >= 4 is 29.0 Å². The van der Waals surface area contributed by atoms with E-state index in [9.17, 15) is 4.79 Å². The highest BCUT2D eigenvalue weighted by molar-refractivity contribution is 6.55. The second-order valence-corrected chi connectivity index (χ2v) is 7.99. The Kier molecular flexibility index (Phi) is 5.21. The van der Waals surface area contributed by atoms with Crippen LogP contribution in [0.2, 0.25) is 0 Å². The Balaban J connectivity index is 1.68. The Morgan fingerprint density at radius 1 is 1.08 bits per heavy atom. The number of para-hydroxylation sites is 1. The number of hydrogen-bond donors (Lipinski definition) is 0. The van der Waals surface area contributed by atoms with Crippen molar-refractivity contribution in [3.63, 3.8) is 0 Å². The lowest BCUT2D eigenvalue weighted by molar-refractivity contribution is -0.120.